The molecule has 342 valence electrons. The maximum absolute atomic E-state index is 7.23. The van der Waals surface area contributed by atoms with Crippen LogP contribution in [-0.4, -0.2) is 23.4 Å². The van der Waals surface area contributed by atoms with Crippen LogP contribution in [0, 0.1) is 0 Å². The standard InChI is InChI=1S/C64H65N2O2/c1-7-9-20-42-65-56-38-30-46-24-14-16-26-50(46)60(56)63(3,4)58(65)40-36-54-52-28-18-19-29-53(52)55(62(54)68-49-34-32-48(33-35-49)67-44-45-22-12-11-13-23-45)37-41-59-64(5,6)61-51-27-17-15-25-47(51)31-39-57(61)66(59)43-21-10-8-2/h11-19,22-41H,7-10,20-21,42-44H2,1-6H3/q+1. The highest BCUT2D eigenvalue weighted by Crippen LogP contribution is 2.52. The molecule has 4 nitrogen and oxygen atoms in total. The van der Waals surface area contributed by atoms with Crippen LogP contribution in [0.25, 0.3) is 32.7 Å². The second kappa shape index (κ2) is 19.0. The Kier molecular flexibility index (Phi) is 12.5. The molecule has 0 amide bonds. The maximum atomic E-state index is 7.23. The summed E-state index contributed by atoms with van der Waals surface area (Å²) in [7, 11) is 0. The van der Waals surface area contributed by atoms with Crippen molar-refractivity contribution in [2.45, 2.75) is 97.5 Å². The van der Waals surface area contributed by atoms with Gasteiger partial charge in [-0.25, -0.2) is 0 Å². The van der Waals surface area contributed by atoms with E-state index in [0.29, 0.717) is 6.61 Å². The van der Waals surface area contributed by atoms with E-state index in [2.05, 4.69) is 185 Å². The first-order chi connectivity index (χ1) is 33.2. The van der Waals surface area contributed by atoms with Crippen molar-refractivity contribution in [3.8, 4) is 11.5 Å². The van der Waals surface area contributed by atoms with E-state index in [-0.39, 0.29) is 10.8 Å². The van der Waals surface area contributed by atoms with Crippen LogP contribution in [0.3, 0.4) is 0 Å². The van der Waals surface area contributed by atoms with Crippen LogP contribution in [0.5, 0.6) is 11.5 Å². The van der Waals surface area contributed by atoms with Gasteiger partial charge in [-0.2, -0.15) is 4.58 Å². The van der Waals surface area contributed by atoms with Crippen LogP contribution >= 0.6 is 0 Å². The zero-order valence-electron chi connectivity index (χ0n) is 40.8. The van der Waals surface area contributed by atoms with Gasteiger partial charge in [0.05, 0.1) is 5.41 Å². The Bertz CT molecular complexity index is 3160. The Labute approximate surface area is 404 Å². The summed E-state index contributed by atoms with van der Waals surface area (Å²) < 4.78 is 16.1. The molecular formula is C64H65N2O2+. The monoisotopic (exact) mass is 894 g/mol. The molecular weight excluding hydrogens is 829 g/mol. The van der Waals surface area contributed by atoms with Gasteiger partial charge in [0, 0.05) is 58.6 Å². The predicted octanol–water partition coefficient (Wildman–Crippen LogP) is 16.5. The summed E-state index contributed by atoms with van der Waals surface area (Å²) in [4.78, 5) is 2.60. The number of allylic oxidation sites excluding steroid dienone is 7. The van der Waals surface area contributed by atoms with Gasteiger partial charge in [0.2, 0.25) is 5.69 Å². The molecule has 0 unspecified atom stereocenters. The van der Waals surface area contributed by atoms with Gasteiger partial charge in [-0.05, 0) is 125 Å². The van der Waals surface area contributed by atoms with Crippen molar-refractivity contribution in [3.63, 3.8) is 0 Å². The molecule has 68 heavy (non-hydrogen) atoms. The largest absolute Gasteiger partial charge is 0.489 e. The summed E-state index contributed by atoms with van der Waals surface area (Å²) in [5.74, 6) is 2.42. The highest BCUT2D eigenvalue weighted by molar-refractivity contribution is 6.10. The Morgan fingerprint density at radius 1 is 0.559 bits per heavy atom. The topological polar surface area (TPSA) is 24.7 Å². The molecule has 1 aliphatic carbocycles. The molecule has 2 aliphatic heterocycles. The van der Waals surface area contributed by atoms with E-state index in [9.17, 15) is 0 Å². The third-order valence-corrected chi connectivity index (χ3v) is 14.6. The minimum atomic E-state index is -0.230. The van der Waals surface area contributed by atoms with Crippen molar-refractivity contribution in [2.75, 3.05) is 18.0 Å². The van der Waals surface area contributed by atoms with E-state index in [1.54, 1.807) is 0 Å². The number of fused-ring (bicyclic) bond motifs is 7. The average molecular weight is 894 g/mol. The van der Waals surface area contributed by atoms with Crippen molar-refractivity contribution in [1.29, 1.82) is 0 Å². The van der Waals surface area contributed by atoms with Crippen molar-refractivity contribution in [3.05, 3.63) is 215 Å². The number of hydrogen-bond donors (Lipinski definition) is 0. The number of nitrogens with zero attached hydrogens (tertiary/aromatic N) is 2. The Balaban J connectivity index is 1.11. The first-order valence-electron chi connectivity index (χ1n) is 25.1. The number of ether oxygens (including phenoxy) is 2. The molecule has 2 heterocycles. The van der Waals surface area contributed by atoms with Crippen LogP contribution in [-0.2, 0) is 17.4 Å². The first kappa shape index (κ1) is 44.9. The fourth-order valence-corrected chi connectivity index (χ4v) is 11.2. The molecule has 0 fully saturated rings. The summed E-state index contributed by atoms with van der Waals surface area (Å²) in [6.45, 7) is 16.6. The molecule has 0 atom stereocenters. The van der Waals surface area contributed by atoms with E-state index in [1.807, 2.05) is 42.5 Å². The van der Waals surface area contributed by atoms with Gasteiger partial charge >= 0.3 is 0 Å². The van der Waals surface area contributed by atoms with Crippen molar-refractivity contribution < 1.29 is 14.0 Å². The van der Waals surface area contributed by atoms with E-state index < -0.39 is 0 Å². The third-order valence-electron chi connectivity index (χ3n) is 14.6. The highest BCUT2D eigenvalue weighted by Gasteiger charge is 2.46. The number of rotatable bonds is 16. The number of hydrogen-bond acceptors (Lipinski definition) is 3. The van der Waals surface area contributed by atoms with Gasteiger partial charge in [0.1, 0.15) is 30.4 Å². The Morgan fingerprint density at radius 2 is 1.19 bits per heavy atom. The van der Waals surface area contributed by atoms with Crippen molar-refractivity contribution in [1.82, 2.24) is 0 Å². The van der Waals surface area contributed by atoms with Crippen molar-refractivity contribution >= 4 is 49.8 Å². The molecule has 0 radical (unpaired) electrons. The smallest absolute Gasteiger partial charge is 0.210 e. The van der Waals surface area contributed by atoms with Crippen LogP contribution in [0.2, 0.25) is 0 Å². The summed E-state index contributed by atoms with van der Waals surface area (Å²) in [6.07, 6.45) is 16.5. The quantitative estimate of drug-likeness (QED) is 0.0714. The van der Waals surface area contributed by atoms with Crippen LogP contribution in [0.4, 0.5) is 11.4 Å². The molecule has 7 aromatic rings. The van der Waals surface area contributed by atoms with Crippen molar-refractivity contribution in [2.24, 2.45) is 0 Å². The molecule has 0 saturated heterocycles. The Hall–Kier alpha value is -6.91. The number of anilines is 1. The molecule has 10 rings (SSSR count). The summed E-state index contributed by atoms with van der Waals surface area (Å²) in [6, 6.07) is 54.3. The lowest BCUT2D eigenvalue weighted by Crippen LogP contribution is -2.28. The van der Waals surface area contributed by atoms with Crippen LogP contribution in [0.15, 0.2) is 187 Å². The van der Waals surface area contributed by atoms with Crippen LogP contribution in [0.1, 0.15) is 108 Å². The molecule has 0 N–H and O–H groups in total. The second-order valence-electron chi connectivity index (χ2n) is 19.8. The second-order valence-corrected chi connectivity index (χ2v) is 19.8. The average Bonchev–Trinajstić information content (AvgIpc) is 3.86. The molecule has 0 aromatic heterocycles. The zero-order valence-corrected chi connectivity index (χ0v) is 40.8. The van der Waals surface area contributed by atoms with E-state index in [1.165, 1.54) is 92.3 Å². The van der Waals surface area contributed by atoms with Gasteiger partial charge in [-0.15, -0.1) is 0 Å². The highest BCUT2D eigenvalue weighted by atomic mass is 16.5. The SMILES string of the molecule is CCCCCN1/C(=C/C=C2C(Oc3ccc(OCc4ccccc4)cc3)=C(/C=C/C3=[N+](CCCCC)c4ccc5ccccc5c4C3(C)C)c3ccccc3/2)C(C)(C)c2c1ccc1ccccc21. The van der Waals surface area contributed by atoms with Gasteiger partial charge in [-0.1, -0.05) is 156 Å². The summed E-state index contributed by atoms with van der Waals surface area (Å²) >= 11 is 0. The lowest BCUT2D eigenvalue weighted by molar-refractivity contribution is -0.438. The lowest BCUT2D eigenvalue weighted by Gasteiger charge is -2.27. The normalized spacial score (nSPS) is 17.0. The molecule has 3 aliphatic rings. The summed E-state index contributed by atoms with van der Waals surface area (Å²) in [5.41, 5.74) is 13.2. The third kappa shape index (κ3) is 8.29. The minimum absolute atomic E-state index is 0.230. The molecule has 4 heteroatoms. The zero-order chi connectivity index (χ0) is 46.8. The van der Waals surface area contributed by atoms with Gasteiger partial charge in [-0.3, -0.25) is 0 Å². The van der Waals surface area contributed by atoms with Gasteiger partial charge in [0.15, 0.2) is 5.71 Å². The Morgan fingerprint density at radius 3 is 1.93 bits per heavy atom. The lowest BCUT2D eigenvalue weighted by atomic mass is 9.79. The minimum Gasteiger partial charge on any atom is -0.489 e. The predicted molar refractivity (Wildman–Crippen MR) is 287 cm³/mol. The van der Waals surface area contributed by atoms with Crippen LogP contribution < -0.4 is 14.4 Å². The van der Waals surface area contributed by atoms with Gasteiger partial charge < -0.3 is 14.4 Å². The number of benzene rings is 7. The fourth-order valence-electron chi connectivity index (χ4n) is 11.2. The van der Waals surface area contributed by atoms with E-state index in [0.717, 1.165) is 59.9 Å². The molecule has 0 spiro atoms. The molecule has 7 aromatic carbocycles. The molecule has 0 saturated carbocycles. The van der Waals surface area contributed by atoms with E-state index in [4.69, 9.17) is 9.47 Å². The molecule has 0 bridgehead atoms. The van der Waals surface area contributed by atoms with E-state index >= 15 is 0 Å². The first-order valence-corrected chi connectivity index (χ1v) is 25.1. The van der Waals surface area contributed by atoms with Gasteiger partial charge in [0.25, 0.3) is 0 Å². The fraction of sp³-hybridized carbons (Fsp3) is 0.266. The maximum Gasteiger partial charge on any atom is 0.210 e. The number of unbranched alkanes of at least 4 members (excludes halogenated alkanes) is 4. The summed E-state index contributed by atoms with van der Waals surface area (Å²) in [5, 5.41) is 5.23.